The van der Waals surface area contributed by atoms with Gasteiger partial charge in [-0.05, 0) is 63.1 Å². The molecule has 0 radical (unpaired) electrons. The molecule has 6 rings (SSSR count). The number of anilines is 2. The van der Waals surface area contributed by atoms with Crippen LogP contribution in [-0.2, 0) is 41.8 Å². The maximum absolute atomic E-state index is 13.2. The third-order valence-corrected chi connectivity index (χ3v) is 11.1. The van der Waals surface area contributed by atoms with E-state index in [2.05, 4.69) is 47.7 Å². The number of nitrogens with one attached hydrogen (secondary N) is 2. The predicted octanol–water partition coefficient (Wildman–Crippen LogP) is 7.02. The van der Waals surface area contributed by atoms with E-state index < -0.39 is 43.4 Å². The first-order chi connectivity index (χ1) is 32.2. The van der Waals surface area contributed by atoms with Crippen LogP contribution >= 0.6 is 0 Å². The van der Waals surface area contributed by atoms with Crippen molar-refractivity contribution in [3.8, 4) is 35.3 Å². The maximum atomic E-state index is 13.2. The van der Waals surface area contributed by atoms with Crippen LogP contribution < -0.4 is 29.9 Å². The lowest BCUT2D eigenvalue weighted by molar-refractivity contribution is -0.133. The second-order valence-electron chi connectivity index (χ2n) is 17.5. The summed E-state index contributed by atoms with van der Waals surface area (Å²) in [4.78, 5) is 78.1. The number of methoxy groups -OCH3 is 2. The molecule has 68 heavy (non-hydrogen) atoms. The monoisotopic (exact) mass is 944 g/mol. The number of fused-ring (bicyclic) bond motifs is 2. The van der Waals surface area contributed by atoms with Crippen molar-refractivity contribution in [2.45, 2.75) is 71.8 Å². The summed E-state index contributed by atoms with van der Waals surface area (Å²) >= 11 is 0. The Labute approximate surface area is 397 Å². The van der Waals surface area contributed by atoms with E-state index in [4.69, 9.17) is 34.8 Å². The quantitative estimate of drug-likeness (QED) is 0.0641. The Morgan fingerprint density at radius 1 is 0.647 bits per heavy atom. The minimum Gasteiger partial charge on any atom is -0.476 e. The van der Waals surface area contributed by atoms with Gasteiger partial charge in [-0.3, -0.25) is 9.59 Å². The van der Waals surface area contributed by atoms with Crippen LogP contribution in [0.2, 0.25) is 19.6 Å². The Morgan fingerprint density at radius 3 is 1.43 bits per heavy atom. The first kappa shape index (κ1) is 51.2. The van der Waals surface area contributed by atoms with Crippen molar-refractivity contribution < 1.29 is 57.2 Å². The van der Waals surface area contributed by atoms with Gasteiger partial charge in [0.1, 0.15) is 32.8 Å². The number of carbonyl (C=O) groups is 6. The van der Waals surface area contributed by atoms with Gasteiger partial charge < -0.3 is 48.9 Å². The Hall–Kier alpha value is -7.76. The third-order valence-electron chi connectivity index (χ3n) is 10.2. The van der Waals surface area contributed by atoms with Gasteiger partial charge in [0.05, 0.1) is 36.7 Å². The molecule has 0 spiro atoms. The summed E-state index contributed by atoms with van der Waals surface area (Å²) in [5.41, 5.74) is 4.65. The fraction of sp³-hybridized carbons (Fsp3) is 0.333. The first-order valence-corrected chi connectivity index (χ1v) is 25.1. The van der Waals surface area contributed by atoms with Gasteiger partial charge >= 0.3 is 24.1 Å². The summed E-state index contributed by atoms with van der Waals surface area (Å²) in [6.07, 6.45) is 4.34. The second-order valence-corrected chi connectivity index (χ2v) is 22.2. The van der Waals surface area contributed by atoms with Crippen molar-refractivity contribution in [3.05, 3.63) is 118 Å². The van der Waals surface area contributed by atoms with Crippen molar-refractivity contribution in [3.63, 3.8) is 0 Å². The largest absolute Gasteiger partial charge is 0.476 e. The molecule has 0 saturated heterocycles. The molecule has 4 aromatic rings. The Morgan fingerprint density at radius 2 is 1.04 bits per heavy atom. The van der Waals surface area contributed by atoms with Gasteiger partial charge in [-0.25, -0.2) is 19.2 Å². The number of ether oxygens (including phenoxy) is 6. The SMILES string of the molecule is C#Cc1cc2c(cc1C(=O)OC)N(CCNC(=O)OCc1ccccc1)C(=O)C(C)(C)O2.COC(=O)c1cc2c(cc1C#C[Si](C)(C)C)OC(C)(C)C(=O)N2CCNC(=O)OCc1ccccc1. The molecule has 16 nitrogen and oxygen atoms in total. The third kappa shape index (κ3) is 13.2. The first-order valence-electron chi connectivity index (χ1n) is 21.6. The van der Waals surface area contributed by atoms with Gasteiger partial charge in [-0.15, -0.1) is 12.0 Å². The number of benzene rings is 4. The van der Waals surface area contributed by atoms with Crippen molar-refractivity contribution in [1.29, 1.82) is 0 Å². The van der Waals surface area contributed by atoms with Gasteiger partial charge in [0.2, 0.25) is 0 Å². The number of hydrogen-bond acceptors (Lipinski definition) is 12. The fourth-order valence-corrected chi connectivity index (χ4v) is 7.30. The zero-order valence-electron chi connectivity index (χ0n) is 39.7. The molecule has 0 aliphatic carbocycles. The van der Waals surface area contributed by atoms with E-state index in [9.17, 15) is 28.8 Å². The highest BCUT2D eigenvalue weighted by Gasteiger charge is 2.43. The number of carbonyl (C=O) groups excluding carboxylic acids is 6. The van der Waals surface area contributed by atoms with Gasteiger partial charge in [-0.2, -0.15) is 0 Å². The van der Waals surface area contributed by atoms with Crippen LogP contribution in [0.1, 0.15) is 70.7 Å². The van der Waals surface area contributed by atoms with E-state index in [1.807, 2.05) is 60.7 Å². The van der Waals surface area contributed by atoms with Crippen LogP contribution in [0.4, 0.5) is 21.0 Å². The number of terminal acetylenes is 1. The second kappa shape index (κ2) is 22.2. The van der Waals surface area contributed by atoms with Crippen LogP contribution in [0.3, 0.4) is 0 Å². The van der Waals surface area contributed by atoms with Crippen molar-refractivity contribution in [2.24, 2.45) is 0 Å². The molecule has 4 amide bonds. The van der Waals surface area contributed by atoms with E-state index in [0.717, 1.165) is 11.1 Å². The molecule has 2 N–H and O–H groups in total. The molecule has 2 aliphatic rings. The highest BCUT2D eigenvalue weighted by Crippen LogP contribution is 2.41. The topological polar surface area (TPSA) is 188 Å². The zero-order valence-corrected chi connectivity index (χ0v) is 40.7. The molecule has 0 bridgehead atoms. The molecule has 17 heteroatoms. The average Bonchev–Trinajstić information content (AvgIpc) is 3.31. The van der Waals surface area contributed by atoms with Crippen LogP contribution in [-0.4, -0.2) is 95.6 Å². The zero-order chi connectivity index (χ0) is 49.8. The molecule has 0 saturated carbocycles. The van der Waals surface area contributed by atoms with E-state index in [1.165, 1.54) is 36.2 Å². The summed E-state index contributed by atoms with van der Waals surface area (Å²) in [5.74, 6) is 4.54. The molecule has 4 aromatic carbocycles. The van der Waals surface area contributed by atoms with Crippen LogP contribution in [0.15, 0.2) is 84.9 Å². The van der Waals surface area contributed by atoms with Crippen molar-refractivity contribution in [1.82, 2.24) is 10.6 Å². The predicted molar refractivity (Wildman–Crippen MR) is 257 cm³/mol. The summed E-state index contributed by atoms with van der Waals surface area (Å²) in [6.45, 7) is 13.8. The standard InChI is InChI=1S/C27H32N2O6Si.C24H24N2O6/c1-27(2)25(31)29(14-13-28-26(32)34-18-19-10-8-7-9-11-19)22-17-21(24(30)33-3)20(16-23(22)35-27)12-15-36(4,5)6;1-5-17-13-20-19(14-18(17)21(27)30-4)26(22(28)24(2,3)32-20)12-11-25-23(29)31-15-16-9-7-6-8-10-16/h7-11,16-17H,13-14,18H2,1-6H3,(H,28,32);1,6-10,13-14H,11-12,15H2,2-4H3,(H,25,29). The minimum atomic E-state index is -1.72. The van der Waals surface area contributed by atoms with Crippen molar-refractivity contribution in [2.75, 3.05) is 50.2 Å². The number of hydrogen-bond donors (Lipinski definition) is 2. The highest BCUT2D eigenvalue weighted by molar-refractivity contribution is 6.83. The Kier molecular flexibility index (Phi) is 16.7. The number of nitrogens with zero attached hydrogens (tertiary/aromatic N) is 2. The number of esters is 2. The lowest BCUT2D eigenvalue weighted by Gasteiger charge is -2.39. The molecule has 2 aliphatic heterocycles. The Balaban J connectivity index is 0.000000256. The molecule has 0 fully saturated rings. The molecule has 0 unspecified atom stereocenters. The Bertz CT molecular complexity index is 2640. The summed E-state index contributed by atoms with van der Waals surface area (Å²) in [6, 6.07) is 24.9. The van der Waals surface area contributed by atoms with Gasteiger partial charge in [-0.1, -0.05) is 92.1 Å². The summed E-state index contributed by atoms with van der Waals surface area (Å²) in [7, 11) is 0.818. The summed E-state index contributed by atoms with van der Waals surface area (Å²) < 4.78 is 32.0. The van der Waals surface area contributed by atoms with Gasteiger partial charge in [0.15, 0.2) is 11.2 Å². The molecular weight excluding hydrogens is 889 g/mol. The molecule has 356 valence electrons. The molecular formula is C51H56N4O12Si. The van der Waals surface area contributed by atoms with E-state index in [1.54, 1.807) is 39.8 Å². The molecule has 0 aromatic heterocycles. The number of amides is 4. The van der Waals surface area contributed by atoms with Gasteiger partial charge in [0.25, 0.3) is 11.8 Å². The van der Waals surface area contributed by atoms with Gasteiger partial charge in [0, 0.05) is 37.3 Å². The number of rotatable bonds is 12. The molecule has 0 atom stereocenters. The normalized spacial score (nSPS) is 14.0. The smallest absolute Gasteiger partial charge is 0.407 e. The lowest BCUT2D eigenvalue weighted by Crippen LogP contribution is -2.54. The van der Waals surface area contributed by atoms with E-state index in [0.29, 0.717) is 34.0 Å². The summed E-state index contributed by atoms with van der Waals surface area (Å²) in [5, 5.41) is 5.30. The fourth-order valence-electron chi connectivity index (χ4n) is 6.80. The highest BCUT2D eigenvalue weighted by atomic mass is 28.3. The maximum Gasteiger partial charge on any atom is 0.407 e. The number of alkyl carbamates (subject to hydrolysis) is 2. The molecule has 2 heterocycles. The van der Waals surface area contributed by atoms with E-state index >= 15 is 0 Å². The average molecular weight is 945 g/mol. The van der Waals surface area contributed by atoms with Crippen molar-refractivity contribution >= 4 is 55.4 Å². The van der Waals surface area contributed by atoms with Crippen LogP contribution in [0.25, 0.3) is 0 Å². The lowest BCUT2D eigenvalue weighted by atomic mass is 10.00. The minimum absolute atomic E-state index is 0.124. The van der Waals surface area contributed by atoms with Crippen LogP contribution in [0, 0.1) is 23.8 Å². The van der Waals surface area contributed by atoms with Crippen LogP contribution in [0.5, 0.6) is 11.5 Å². The van der Waals surface area contributed by atoms with E-state index in [-0.39, 0.29) is 62.3 Å².